The van der Waals surface area contributed by atoms with Crippen molar-refractivity contribution >= 4 is 34.8 Å². The molecule has 0 unspecified atom stereocenters. The van der Waals surface area contributed by atoms with Crippen LogP contribution in [0.25, 0.3) is 11.3 Å². The zero-order valence-electron chi connectivity index (χ0n) is 24.6. The number of halogens is 4. The third-order valence-electron chi connectivity index (χ3n) is 9.01. The first-order valence-corrected chi connectivity index (χ1v) is 15.3. The van der Waals surface area contributed by atoms with E-state index in [1.54, 1.807) is 6.07 Å². The molecule has 5 rings (SSSR count). The SMILES string of the molecule is CC1(O)CCC(N2CC(CC(=O)CC(C)(C)c3cc(Cl)cc(Cl)c3)(CC(=O)c3cc(-c4ccc(F)cc4F)on3)C2)CC1. The van der Waals surface area contributed by atoms with E-state index in [9.17, 15) is 23.5 Å². The van der Waals surface area contributed by atoms with E-state index in [0.717, 1.165) is 30.5 Å². The van der Waals surface area contributed by atoms with E-state index in [0.29, 0.717) is 36.0 Å². The summed E-state index contributed by atoms with van der Waals surface area (Å²) >= 11 is 12.5. The molecule has 1 aliphatic heterocycles. The van der Waals surface area contributed by atoms with E-state index in [1.165, 1.54) is 12.1 Å². The second kappa shape index (κ2) is 12.0. The summed E-state index contributed by atoms with van der Waals surface area (Å²) in [6.07, 6.45) is 3.63. The van der Waals surface area contributed by atoms with Gasteiger partial charge in [-0.25, -0.2) is 8.78 Å². The van der Waals surface area contributed by atoms with Gasteiger partial charge in [0.15, 0.2) is 11.5 Å². The number of benzene rings is 2. The fourth-order valence-electron chi connectivity index (χ4n) is 6.62. The molecule has 43 heavy (non-hydrogen) atoms. The maximum atomic E-state index is 14.3. The highest BCUT2D eigenvalue weighted by Crippen LogP contribution is 2.44. The first-order chi connectivity index (χ1) is 20.1. The number of aromatic nitrogens is 1. The predicted molar refractivity (Wildman–Crippen MR) is 161 cm³/mol. The van der Waals surface area contributed by atoms with Crippen LogP contribution in [0.4, 0.5) is 8.78 Å². The van der Waals surface area contributed by atoms with Gasteiger partial charge in [0.25, 0.3) is 0 Å². The van der Waals surface area contributed by atoms with Crippen LogP contribution in [-0.2, 0) is 10.2 Å². The molecule has 230 valence electrons. The van der Waals surface area contributed by atoms with Crippen molar-refractivity contribution in [3.05, 3.63) is 75.4 Å². The maximum Gasteiger partial charge on any atom is 0.185 e. The minimum Gasteiger partial charge on any atom is -0.390 e. The number of ketones is 2. The molecule has 2 fully saturated rings. The fraction of sp³-hybridized carbons (Fsp3) is 0.485. The van der Waals surface area contributed by atoms with Crippen molar-refractivity contribution in [3.8, 4) is 11.3 Å². The third kappa shape index (κ3) is 7.36. The van der Waals surface area contributed by atoms with Gasteiger partial charge in [-0.05, 0) is 73.9 Å². The van der Waals surface area contributed by atoms with Crippen molar-refractivity contribution in [1.82, 2.24) is 10.1 Å². The third-order valence-corrected chi connectivity index (χ3v) is 9.45. The van der Waals surface area contributed by atoms with Crippen molar-refractivity contribution in [2.45, 2.75) is 82.8 Å². The molecule has 3 aromatic rings. The molecular formula is C33H36Cl2F2N2O4. The molecule has 1 aliphatic carbocycles. The molecule has 2 heterocycles. The van der Waals surface area contributed by atoms with Gasteiger partial charge in [0.1, 0.15) is 23.1 Å². The summed E-state index contributed by atoms with van der Waals surface area (Å²) in [6.45, 7) is 6.93. The number of Topliss-reactive ketones (excluding diaryl/α,β-unsaturated/α-hetero) is 2. The molecule has 0 amide bonds. The zero-order chi connectivity index (χ0) is 31.2. The van der Waals surface area contributed by atoms with Gasteiger partial charge in [-0.2, -0.15) is 0 Å². The van der Waals surface area contributed by atoms with Crippen LogP contribution in [-0.4, -0.2) is 51.5 Å². The molecule has 0 atom stereocenters. The average molecular weight is 634 g/mol. The van der Waals surface area contributed by atoms with Crippen molar-refractivity contribution in [3.63, 3.8) is 0 Å². The molecule has 6 nitrogen and oxygen atoms in total. The standard InChI is InChI=1S/C33H36Cl2F2N2O4/c1-31(2,20-10-21(34)12-22(35)11-20)15-25(40)16-33(18-39(19-33)24-6-8-32(3,42)9-7-24)17-29(41)28-14-30(43-38-28)26-5-4-23(36)13-27(26)37/h4-5,10-14,24,42H,6-9,15-19H2,1-3H3. The Labute approximate surface area is 260 Å². The lowest BCUT2D eigenvalue weighted by Crippen LogP contribution is -2.62. The highest BCUT2D eigenvalue weighted by atomic mass is 35.5. The number of nitrogens with zero attached hydrogens (tertiary/aromatic N) is 2. The first kappa shape index (κ1) is 31.8. The quantitative estimate of drug-likeness (QED) is 0.229. The lowest BCUT2D eigenvalue weighted by Gasteiger charge is -2.55. The van der Waals surface area contributed by atoms with Gasteiger partial charge in [0.05, 0.1) is 11.2 Å². The number of likely N-dealkylation sites (tertiary alicyclic amines) is 1. The Morgan fingerprint density at radius 1 is 1.05 bits per heavy atom. The maximum absolute atomic E-state index is 14.3. The second-order valence-corrected chi connectivity index (χ2v) is 14.2. The van der Waals surface area contributed by atoms with Crippen molar-refractivity contribution in [2.24, 2.45) is 5.41 Å². The molecule has 1 aromatic heterocycles. The van der Waals surface area contributed by atoms with E-state index in [2.05, 4.69) is 10.1 Å². The lowest BCUT2D eigenvalue weighted by molar-refractivity contribution is -0.128. The Hall–Kier alpha value is -2.65. The molecule has 0 bridgehead atoms. The molecule has 2 aromatic carbocycles. The van der Waals surface area contributed by atoms with Gasteiger partial charge in [0, 0.05) is 66.0 Å². The van der Waals surface area contributed by atoms with Crippen LogP contribution in [0.1, 0.15) is 81.8 Å². The fourth-order valence-corrected chi connectivity index (χ4v) is 7.15. The largest absolute Gasteiger partial charge is 0.390 e. The van der Waals surface area contributed by atoms with Crippen LogP contribution in [0.15, 0.2) is 47.0 Å². The minimum atomic E-state index is -0.818. The second-order valence-electron chi connectivity index (χ2n) is 13.4. The van der Waals surface area contributed by atoms with Gasteiger partial charge in [-0.3, -0.25) is 14.5 Å². The predicted octanol–water partition coefficient (Wildman–Crippen LogP) is 7.82. The lowest BCUT2D eigenvalue weighted by atomic mass is 9.68. The molecular weight excluding hydrogens is 597 g/mol. The molecule has 1 saturated carbocycles. The van der Waals surface area contributed by atoms with Crippen LogP contribution in [0.5, 0.6) is 0 Å². The number of hydrogen-bond acceptors (Lipinski definition) is 6. The van der Waals surface area contributed by atoms with Gasteiger partial charge < -0.3 is 9.63 Å². The van der Waals surface area contributed by atoms with Crippen molar-refractivity contribution in [1.29, 1.82) is 0 Å². The van der Waals surface area contributed by atoms with Crippen LogP contribution in [0.3, 0.4) is 0 Å². The van der Waals surface area contributed by atoms with Gasteiger partial charge in [-0.15, -0.1) is 0 Å². The Bertz CT molecular complexity index is 1500. The van der Waals surface area contributed by atoms with E-state index < -0.39 is 28.1 Å². The minimum absolute atomic E-state index is 0.00388. The van der Waals surface area contributed by atoms with Gasteiger partial charge in [0.2, 0.25) is 0 Å². The highest BCUT2D eigenvalue weighted by molar-refractivity contribution is 6.34. The molecule has 0 radical (unpaired) electrons. The molecule has 2 aliphatic rings. The summed E-state index contributed by atoms with van der Waals surface area (Å²) in [7, 11) is 0. The highest BCUT2D eigenvalue weighted by Gasteiger charge is 2.49. The Morgan fingerprint density at radius 3 is 2.33 bits per heavy atom. The van der Waals surface area contributed by atoms with Crippen molar-refractivity contribution < 1.29 is 28.0 Å². The summed E-state index contributed by atoms with van der Waals surface area (Å²) in [5.74, 6) is -1.80. The number of hydrogen-bond donors (Lipinski definition) is 1. The zero-order valence-corrected chi connectivity index (χ0v) is 26.1. The van der Waals surface area contributed by atoms with E-state index in [4.69, 9.17) is 27.7 Å². The van der Waals surface area contributed by atoms with Crippen LogP contribution >= 0.6 is 23.2 Å². The normalized spacial score (nSPS) is 22.3. The average Bonchev–Trinajstić information content (AvgIpc) is 3.36. The van der Waals surface area contributed by atoms with Gasteiger partial charge >= 0.3 is 0 Å². The number of carbonyl (C=O) groups excluding carboxylic acids is 2. The summed E-state index contributed by atoms with van der Waals surface area (Å²) in [4.78, 5) is 29.4. The van der Waals surface area contributed by atoms with Crippen LogP contribution in [0.2, 0.25) is 10.0 Å². The van der Waals surface area contributed by atoms with Crippen LogP contribution < -0.4 is 0 Å². The number of aliphatic hydroxyl groups is 1. The van der Waals surface area contributed by atoms with Gasteiger partial charge in [-0.1, -0.05) is 42.2 Å². The van der Waals surface area contributed by atoms with E-state index >= 15 is 0 Å². The van der Waals surface area contributed by atoms with Crippen LogP contribution in [0, 0.1) is 17.0 Å². The number of rotatable bonds is 10. The molecule has 10 heteroatoms. The number of carbonyl (C=O) groups is 2. The topological polar surface area (TPSA) is 83.6 Å². The Balaban J connectivity index is 1.32. The smallest absolute Gasteiger partial charge is 0.185 e. The molecule has 1 N–H and O–H groups in total. The van der Waals surface area contributed by atoms with E-state index in [1.807, 2.05) is 32.9 Å². The first-order valence-electron chi connectivity index (χ1n) is 14.5. The summed E-state index contributed by atoms with van der Waals surface area (Å²) in [5.41, 5.74) is -0.897. The summed E-state index contributed by atoms with van der Waals surface area (Å²) < 4.78 is 32.9. The van der Waals surface area contributed by atoms with E-state index in [-0.39, 0.29) is 53.9 Å². The monoisotopic (exact) mass is 632 g/mol. The molecule has 1 saturated heterocycles. The van der Waals surface area contributed by atoms with Crippen molar-refractivity contribution in [2.75, 3.05) is 13.1 Å². The Kier molecular flexibility index (Phi) is 8.89. The Morgan fingerprint density at radius 2 is 1.70 bits per heavy atom. The molecule has 0 spiro atoms. The summed E-state index contributed by atoms with van der Waals surface area (Å²) in [6, 6.07) is 10.0. The summed E-state index contributed by atoms with van der Waals surface area (Å²) in [5, 5.41) is 15.3.